The molecule has 0 saturated carbocycles. The maximum atomic E-state index is 5.32. The number of furan rings is 1. The first-order valence-electron chi connectivity index (χ1n) is 3.48. The number of aromatic nitrogens is 1. The first kappa shape index (κ1) is 7.36. The Hall–Kier alpha value is -1.29. The molecule has 2 aromatic rings. The summed E-state index contributed by atoms with van der Waals surface area (Å²) in [5.74, 6) is 2.07. The Morgan fingerprint density at radius 2 is 2.42 bits per heavy atom. The molecule has 4 heteroatoms. The summed E-state index contributed by atoms with van der Waals surface area (Å²) in [7, 11) is 0. The van der Waals surface area contributed by atoms with E-state index in [4.69, 9.17) is 9.15 Å². The minimum atomic E-state index is 0.507. The fraction of sp³-hybridized carbons (Fsp3) is 0.125. The number of rotatable bonds is 2. The summed E-state index contributed by atoms with van der Waals surface area (Å²) in [6, 6.07) is 3.64. The number of ether oxygens (including phenoxy) is 1. The third kappa shape index (κ3) is 1.48. The van der Waals surface area contributed by atoms with E-state index in [1.807, 2.05) is 18.4 Å². The SMILES string of the molecule is Cc1ccc(Oc2cnsc2)o1. The van der Waals surface area contributed by atoms with Crippen LogP contribution in [0.4, 0.5) is 0 Å². The third-order valence-corrected chi connectivity index (χ3v) is 1.91. The molecular weight excluding hydrogens is 174 g/mol. The van der Waals surface area contributed by atoms with E-state index in [-0.39, 0.29) is 0 Å². The molecule has 2 heterocycles. The second-order valence-electron chi connectivity index (χ2n) is 2.33. The average Bonchev–Trinajstić information content (AvgIpc) is 2.63. The fourth-order valence-electron chi connectivity index (χ4n) is 0.829. The van der Waals surface area contributed by atoms with Crippen molar-refractivity contribution in [2.45, 2.75) is 6.92 Å². The van der Waals surface area contributed by atoms with E-state index in [2.05, 4.69) is 4.37 Å². The van der Waals surface area contributed by atoms with Crippen molar-refractivity contribution in [3.05, 3.63) is 29.5 Å². The molecule has 0 radical (unpaired) electrons. The largest absolute Gasteiger partial charge is 0.431 e. The molecule has 2 aromatic heterocycles. The summed E-state index contributed by atoms with van der Waals surface area (Å²) in [6.07, 6.45) is 1.66. The zero-order valence-electron chi connectivity index (χ0n) is 6.48. The van der Waals surface area contributed by atoms with Crippen LogP contribution in [0.3, 0.4) is 0 Å². The van der Waals surface area contributed by atoms with Crippen LogP contribution < -0.4 is 4.74 Å². The summed E-state index contributed by atoms with van der Waals surface area (Å²) in [5, 5.41) is 1.82. The molecule has 0 aliphatic carbocycles. The van der Waals surface area contributed by atoms with Crippen molar-refractivity contribution < 1.29 is 9.15 Å². The van der Waals surface area contributed by atoms with Crippen molar-refractivity contribution in [2.75, 3.05) is 0 Å². The van der Waals surface area contributed by atoms with Gasteiger partial charge in [-0.2, -0.15) is 4.37 Å². The van der Waals surface area contributed by atoms with Crippen LogP contribution in [0.1, 0.15) is 5.76 Å². The molecule has 0 spiro atoms. The predicted molar refractivity (Wildman–Crippen MR) is 45.6 cm³/mol. The molecule has 0 bridgehead atoms. The van der Waals surface area contributed by atoms with Crippen LogP contribution in [0.15, 0.2) is 28.1 Å². The Bertz CT molecular complexity index is 353. The van der Waals surface area contributed by atoms with E-state index in [9.17, 15) is 0 Å². The molecular formula is C8H7NO2S. The van der Waals surface area contributed by atoms with Crippen molar-refractivity contribution in [3.63, 3.8) is 0 Å². The van der Waals surface area contributed by atoms with E-state index in [0.29, 0.717) is 11.7 Å². The van der Waals surface area contributed by atoms with E-state index in [0.717, 1.165) is 5.76 Å². The molecule has 0 fully saturated rings. The highest BCUT2D eigenvalue weighted by atomic mass is 32.1. The minimum Gasteiger partial charge on any atom is -0.431 e. The highest BCUT2D eigenvalue weighted by Crippen LogP contribution is 2.23. The number of aryl methyl sites for hydroxylation is 1. The summed E-state index contributed by atoms with van der Waals surface area (Å²) in [5.41, 5.74) is 0. The Morgan fingerprint density at radius 1 is 1.50 bits per heavy atom. The van der Waals surface area contributed by atoms with Gasteiger partial charge in [-0.25, -0.2) is 0 Å². The predicted octanol–water partition coefficient (Wildman–Crippen LogP) is 2.84. The second-order valence-corrected chi connectivity index (χ2v) is 2.98. The van der Waals surface area contributed by atoms with Gasteiger partial charge in [0.05, 0.1) is 11.6 Å². The lowest BCUT2D eigenvalue weighted by atomic mass is 10.5. The molecule has 0 unspecified atom stereocenters. The molecule has 0 aliphatic rings. The topological polar surface area (TPSA) is 35.3 Å². The summed E-state index contributed by atoms with van der Waals surface area (Å²) in [4.78, 5) is 0. The van der Waals surface area contributed by atoms with Gasteiger partial charge in [-0.3, -0.25) is 0 Å². The van der Waals surface area contributed by atoms with Crippen molar-refractivity contribution in [1.29, 1.82) is 0 Å². The van der Waals surface area contributed by atoms with Crippen LogP contribution in [0.25, 0.3) is 0 Å². The lowest BCUT2D eigenvalue weighted by Gasteiger charge is -1.94. The van der Waals surface area contributed by atoms with Crippen molar-refractivity contribution in [2.24, 2.45) is 0 Å². The molecule has 2 rings (SSSR count). The standard InChI is InChI=1S/C8H7NO2S/c1-6-2-3-8(10-6)11-7-4-9-12-5-7/h2-5H,1H3. The van der Waals surface area contributed by atoms with Gasteiger partial charge in [0.2, 0.25) is 0 Å². The quantitative estimate of drug-likeness (QED) is 0.714. The van der Waals surface area contributed by atoms with Gasteiger partial charge in [0, 0.05) is 6.07 Å². The highest BCUT2D eigenvalue weighted by molar-refractivity contribution is 7.03. The molecule has 0 amide bonds. The van der Waals surface area contributed by atoms with Gasteiger partial charge in [-0.1, -0.05) is 0 Å². The maximum absolute atomic E-state index is 5.32. The molecule has 62 valence electrons. The van der Waals surface area contributed by atoms with Crippen LogP contribution >= 0.6 is 11.5 Å². The minimum absolute atomic E-state index is 0.507. The summed E-state index contributed by atoms with van der Waals surface area (Å²) < 4.78 is 14.4. The fourth-order valence-corrected chi connectivity index (χ4v) is 1.27. The van der Waals surface area contributed by atoms with Gasteiger partial charge in [0.25, 0.3) is 5.95 Å². The first-order chi connectivity index (χ1) is 5.84. The summed E-state index contributed by atoms with van der Waals surface area (Å²) >= 11 is 1.35. The Morgan fingerprint density at radius 3 is 3.00 bits per heavy atom. The van der Waals surface area contributed by atoms with Crippen LogP contribution in [0.2, 0.25) is 0 Å². The Labute approximate surface area is 73.8 Å². The molecule has 0 aromatic carbocycles. The van der Waals surface area contributed by atoms with Gasteiger partial charge in [0.15, 0.2) is 5.75 Å². The van der Waals surface area contributed by atoms with Crippen molar-refractivity contribution in [1.82, 2.24) is 4.37 Å². The van der Waals surface area contributed by atoms with Crippen LogP contribution in [0, 0.1) is 6.92 Å². The van der Waals surface area contributed by atoms with Gasteiger partial charge < -0.3 is 9.15 Å². The molecule has 0 aliphatic heterocycles. The smallest absolute Gasteiger partial charge is 0.290 e. The monoisotopic (exact) mass is 181 g/mol. The summed E-state index contributed by atoms with van der Waals surface area (Å²) in [6.45, 7) is 1.87. The zero-order valence-corrected chi connectivity index (χ0v) is 7.30. The van der Waals surface area contributed by atoms with E-state index >= 15 is 0 Å². The zero-order chi connectivity index (χ0) is 8.39. The number of hydrogen-bond acceptors (Lipinski definition) is 4. The van der Waals surface area contributed by atoms with Crippen LogP contribution in [0.5, 0.6) is 11.7 Å². The van der Waals surface area contributed by atoms with Gasteiger partial charge in [-0.05, 0) is 24.5 Å². The maximum Gasteiger partial charge on any atom is 0.290 e. The van der Waals surface area contributed by atoms with Crippen LogP contribution in [-0.2, 0) is 0 Å². The molecule has 12 heavy (non-hydrogen) atoms. The van der Waals surface area contributed by atoms with Crippen molar-refractivity contribution >= 4 is 11.5 Å². The van der Waals surface area contributed by atoms with Crippen LogP contribution in [-0.4, -0.2) is 4.37 Å². The van der Waals surface area contributed by atoms with Crippen molar-refractivity contribution in [3.8, 4) is 11.7 Å². The Balaban J connectivity index is 2.14. The molecule has 3 nitrogen and oxygen atoms in total. The first-order valence-corrected chi connectivity index (χ1v) is 4.32. The van der Waals surface area contributed by atoms with Gasteiger partial charge in [0.1, 0.15) is 5.76 Å². The third-order valence-electron chi connectivity index (χ3n) is 1.34. The number of hydrogen-bond donors (Lipinski definition) is 0. The lowest BCUT2D eigenvalue weighted by Crippen LogP contribution is -1.76. The van der Waals surface area contributed by atoms with Gasteiger partial charge >= 0.3 is 0 Å². The number of nitrogens with zero attached hydrogens (tertiary/aromatic N) is 1. The van der Waals surface area contributed by atoms with Gasteiger partial charge in [-0.15, -0.1) is 0 Å². The normalized spacial score (nSPS) is 10.1. The van der Waals surface area contributed by atoms with E-state index in [1.165, 1.54) is 11.5 Å². The lowest BCUT2D eigenvalue weighted by molar-refractivity contribution is 0.338. The second kappa shape index (κ2) is 2.98. The molecule has 0 N–H and O–H groups in total. The Kier molecular flexibility index (Phi) is 1.83. The average molecular weight is 181 g/mol. The van der Waals surface area contributed by atoms with E-state index in [1.54, 1.807) is 12.3 Å². The van der Waals surface area contributed by atoms with E-state index < -0.39 is 0 Å². The highest BCUT2D eigenvalue weighted by Gasteiger charge is 2.01. The molecule has 0 saturated heterocycles. The molecule has 0 atom stereocenters.